The van der Waals surface area contributed by atoms with Crippen molar-refractivity contribution in [3.8, 4) is 0 Å². The molecule has 1 aliphatic carbocycles. The molecule has 1 aliphatic rings. The van der Waals surface area contributed by atoms with E-state index in [4.69, 9.17) is 5.73 Å². The smallest absolute Gasteiger partial charge is 0.242 e. The Bertz CT molecular complexity index is 566. The number of nitrogen functional groups attached to an aromatic ring is 1. The van der Waals surface area contributed by atoms with E-state index in [2.05, 4.69) is 5.32 Å². The Morgan fingerprint density at radius 1 is 1.35 bits per heavy atom. The molecule has 0 aliphatic heterocycles. The van der Waals surface area contributed by atoms with Gasteiger partial charge in [0.2, 0.25) is 10.0 Å². The first-order valence-corrected chi connectivity index (χ1v) is 8.41. The summed E-state index contributed by atoms with van der Waals surface area (Å²) in [6, 6.07) is 4.84. The minimum atomic E-state index is -3.42. The summed E-state index contributed by atoms with van der Waals surface area (Å²) >= 11 is 0. The average molecular weight is 297 g/mol. The van der Waals surface area contributed by atoms with Crippen LogP contribution >= 0.6 is 0 Å². The van der Waals surface area contributed by atoms with Gasteiger partial charge in [-0.1, -0.05) is 12.8 Å². The number of hydrogen-bond donors (Lipinski definition) is 2. The highest BCUT2D eigenvalue weighted by Crippen LogP contribution is 2.33. The zero-order valence-electron chi connectivity index (χ0n) is 12.1. The van der Waals surface area contributed by atoms with E-state index < -0.39 is 10.0 Å². The van der Waals surface area contributed by atoms with Gasteiger partial charge >= 0.3 is 0 Å². The number of sulfonamides is 1. The fourth-order valence-corrected chi connectivity index (χ4v) is 3.03. The molecular weight excluding hydrogens is 274 g/mol. The summed E-state index contributed by atoms with van der Waals surface area (Å²) in [5, 5.41) is 3.27. The molecule has 0 spiro atoms. The van der Waals surface area contributed by atoms with Crippen LogP contribution in [-0.2, 0) is 10.0 Å². The minimum absolute atomic E-state index is 0.225. The van der Waals surface area contributed by atoms with Crippen molar-refractivity contribution in [1.82, 2.24) is 4.31 Å². The average Bonchev–Trinajstić information content (AvgIpc) is 3.19. The van der Waals surface area contributed by atoms with Gasteiger partial charge in [-0.3, -0.25) is 0 Å². The van der Waals surface area contributed by atoms with E-state index >= 15 is 0 Å². The third-order valence-corrected chi connectivity index (χ3v) is 5.41. The van der Waals surface area contributed by atoms with Gasteiger partial charge in [0.25, 0.3) is 0 Å². The van der Waals surface area contributed by atoms with E-state index in [1.165, 1.54) is 43.7 Å². The Morgan fingerprint density at radius 3 is 2.60 bits per heavy atom. The SMILES string of the molecule is CN(C)S(=O)(=O)c1ccc(NCCCC2CC2)c(N)c1. The lowest BCUT2D eigenvalue weighted by molar-refractivity contribution is 0.521. The number of benzene rings is 1. The van der Waals surface area contributed by atoms with Crippen LogP contribution in [0.5, 0.6) is 0 Å². The van der Waals surface area contributed by atoms with E-state index in [-0.39, 0.29) is 4.90 Å². The molecule has 0 radical (unpaired) electrons. The van der Waals surface area contributed by atoms with E-state index in [9.17, 15) is 8.42 Å². The maximum Gasteiger partial charge on any atom is 0.242 e. The van der Waals surface area contributed by atoms with Crippen molar-refractivity contribution in [3.63, 3.8) is 0 Å². The van der Waals surface area contributed by atoms with Crippen molar-refractivity contribution in [1.29, 1.82) is 0 Å². The number of rotatable bonds is 7. The molecule has 0 atom stereocenters. The van der Waals surface area contributed by atoms with Crippen LogP contribution < -0.4 is 11.1 Å². The normalized spacial score (nSPS) is 15.6. The first kappa shape index (κ1) is 15.1. The summed E-state index contributed by atoms with van der Waals surface area (Å²) in [5.74, 6) is 0.932. The molecule has 0 saturated heterocycles. The molecule has 1 aromatic rings. The topological polar surface area (TPSA) is 75.4 Å². The van der Waals surface area contributed by atoms with Gasteiger partial charge in [0.15, 0.2) is 0 Å². The van der Waals surface area contributed by atoms with Crippen LogP contribution in [0.4, 0.5) is 11.4 Å². The first-order chi connectivity index (χ1) is 9.41. The lowest BCUT2D eigenvalue weighted by Gasteiger charge is -2.14. The summed E-state index contributed by atoms with van der Waals surface area (Å²) in [4.78, 5) is 0.225. The fraction of sp³-hybridized carbons (Fsp3) is 0.571. The molecule has 0 heterocycles. The number of anilines is 2. The van der Waals surface area contributed by atoms with E-state index in [1.54, 1.807) is 12.1 Å². The molecule has 0 unspecified atom stereocenters. The molecule has 5 nitrogen and oxygen atoms in total. The highest BCUT2D eigenvalue weighted by molar-refractivity contribution is 7.89. The maximum atomic E-state index is 12.0. The van der Waals surface area contributed by atoms with Gasteiger partial charge in [0.05, 0.1) is 16.3 Å². The predicted octanol–water partition coefficient (Wildman–Crippen LogP) is 2.12. The van der Waals surface area contributed by atoms with Crippen LogP contribution in [0.15, 0.2) is 23.1 Å². The monoisotopic (exact) mass is 297 g/mol. The van der Waals surface area contributed by atoms with Crippen molar-refractivity contribution in [2.75, 3.05) is 31.7 Å². The zero-order valence-corrected chi connectivity index (χ0v) is 12.9. The lowest BCUT2D eigenvalue weighted by atomic mass is 10.2. The number of nitrogens with two attached hydrogens (primary N) is 1. The van der Waals surface area contributed by atoms with Crippen LogP contribution in [0.2, 0.25) is 0 Å². The summed E-state index contributed by atoms with van der Waals surface area (Å²) in [5.41, 5.74) is 7.20. The first-order valence-electron chi connectivity index (χ1n) is 6.97. The molecule has 1 fully saturated rings. The third kappa shape index (κ3) is 3.64. The molecule has 0 amide bonds. The second-order valence-electron chi connectivity index (χ2n) is 5.55. The molecule has 0 aromatic heterocycles. The van der Waals surface area contributed by atoms with Crippen LogP contribution in [0.3, 0.4) is 0 Å². The lowest BCUT2D eigenvalue weighted by Crippen LogP contribution is -2.22. The van der Waals surface area contributed by atoms with Gasteiger partial charge in [-0.25, -0.2) is 12.7 Å². The largest absolute Gasteiger partial charge is 0.397 e. The maximum absolute atomic E-state index is 12.0. The molecular formula is C14H23N3O2S. The Balaban J connectivity index is 1.98. The molecule has 1 saturated carbocycles. The van der Waals surface area contributed by atoms with Crippen molar-refractivity contribution in [2.24, 2.45) is 5.92 Å². The molecule has 20 heavy (non-hydrogen) atoms. The number of nitrogens with zero attached hydrogens (tertiary/aromatic N) is 1. The van der Waals surface area contributed by atoms with Crippen molar-refractivity contribution in [3.05, 3.63) is 18.2 Å². The van der Waals surface area contributed by atoms with Gasteiger partial charge < -0.3 is 11.1 Å². The van der Waals surface area contributed by atoms with Gasteiger partial charge in [0, 0.05) is 20.6 Å². The Hall–Kier alpha value is -1.27. The second-order valence-corrected chi connectivity index (χ2v) is 7.70. The summed E-state index contributed by atoms with van der Waals surface area (Å²) in [6.45, 7) is 0.875. The summed E-state index contributed by atoms with van der Waals surface area (Å²) in [7, 11) is -0.400. The zero-order chi connectivity index (χ0) is 14.8. The molecule has 1 aromatic carbocycles. The number of nitrogens with one attached hydrogen (secondary N) is 1. The Morgan fingerprint density at radius 2 is 2.05 bits per heavy atom. The highest BCUT2D eigenvalue weighted by Gasteiger charge is 2.20. The summed E-state index contributed by atoms with van der Waals surface area (Å²) < 4.78 is 25.2. The molecule has 0 bridgehead atoms. The van der Waals surface area contributed by atoms with E-state index in [1.807, 2.05) is 0 Å². The molecule has 2 rings (SSSR count). The van der Waals surface area contributed by atoms with Gasteiger partial charge in [-0.2, -0.15) is 0 Å². The van der Waals surface area contributed by atoms with Crippen LogP contribution in [-0.4, -0.2) is 33.4 Å². The van der Waals surface area contributed by atoms with Crippen molar-refractivity contribution in [2.45, 2.75) is 30.6 Å². The van der Waals surface area contributed by atoms with Crippen molar-refractivity contribution < 1.29 is 8.42 Å². The number of hydrogen-bond acceptors (Lipinski definition) is 4. The highest BCUT2D eigenvalue weighted by atomic mass is 32.2. The fourth-order valence-electron chi connectivity index (χ4n) is 2.09. The van der Waals surface area contributed by atoms with Crippen LogP contribution in [0.1, 0.15) is 25.7 Å². The molecule has 112 valence electrons. The van der Waals surface area contributed by atoms with Gasteiger partial charge in [-0.05, 0) is 37.0 Å². The third-order valence-electron chi connectivity index (χ3n) is 3.60. The van der Waals surface area contributed by atoms with E-state index in [0.717, 1.165) is 24.6 Å². The van der Waals surface area contributed by atoms with E-state index in [0.29, 0.717) is 5.69 Å². The summed E-state index contributed by atoms with van der Waals surface area (Å²) in [6.07, 6.45) is 5.14. The second kappa shape index (κ2) is 6.01. The molecule has 3 N–H and O–H groups in total. The molecule has 6 heteroatoms. The van der Waals surface area contributed by atoms with Gasteiger partial charge in [0.1, 0.15) is 0 Å². The standard InChI is InChI=1S/C14H23N3O2S/c1-17(2)20(18,19)12-7-8-14(13(15)10-12)16-9-3-4-11-5-6-11/h7-8,10-11,16H,3-6,9,15H2,1-2H3. The van der Waals surface area contributed by atoms with Gasteiger partial charge in [-0.15, -0.1) is 0 Å². The van der Waals surface area contributed by atoms with Crippen LogP contribution in [0, 0.1) is 5.92 Å². The van der Waals surface area contributed by atoms with Crippen molar-refractivity contribution >= 4 is 21.4 Å². The quantitative estimate of drug-likeness (QED) is 0.597. The Labute approximate surface area is 121 Å². The Kier molecular flexibility index (Phi) is 4.55. The van der Waals surface area contributed by atoms with Crippen LogP contribution in [0.25, 0.3) is 0 Å². The predicted molar refractivity (Wildman–Crippen MR) is 82.2 cm³/mol. The minimum Gasteiger partial charge on any atom is -0.397 e.